The number of aromatic nitrogens is 3. The van der Waals surface area contributed by atoms with Crippen molar-refractivity contribution in [2.45, 2.75) is 38.8 Å². The number of rotatable bonds is 3. The van der Waals surface area contributed by atoms with Gasteiger partial charge in [-0.3, -0.25) is 9.59 Å². The van der Waals surface area contributed by atoms with Crippen LogP contribution in [0.3, 0.4) is 0 Å². The summed E-state index contributed by atoms with van der Waals surface area (Å²) in [6.45, 7) is 4.82. The molecule has 2 aromatic heterocycles. The number of fused-ring (bicyclic) bond motifs is 5. The third kappa shape index (κ3) is 2.84. The van der Waals surface area contributed by atoms with Crippen molar-refractivity contribution in [3.05, 3.63) is 64.3 Å². The molecule has 4 heterocycles. The molecular weight excluding hydrogens is 352 g/mol. The second kappa shape index (κ2) is 6.62. The van der Waals surface area contributed by atoms with E-state index in [1.807, 2.05) is 46.7 Å². The van der Waals surface area contributed by atoms with Gasteiger partial charge in [0.2, 0.25) is 5.91 Å². The van der Waals surface area contributed by atoms with E-state index < -0.39 is 0 Å². The van der Waals surface area contributed by atoms with Crippen molar-refractivity contribution in [2.24, 2.45) is 5.92 Å². The van der Waals surface area contributed by atoms with E-state index in [9.17, 15) is 9.59 Å². The Morgan fingerprint density at radius 3 is 2.86 bits per heavy atom. The Hall–Kier alpha value is -2.89. The third-order valence-electron chi connectivity index (χ3n) is 6.23. The highest BCUT2D eigenvalue weighted by atomic mass is 16.2. The lowest BCUT2D eigenvalue weighted by Crippen LogP contribution is -2.49. The normalized spacial score (nSPS) is 21.0. The Morgan fingerprint density at radius 1 is 1.11 bits per heavy atom. The zero-order valence-corrected chi connectivity index (χ0v) is 16.0. The monoisotopic (exact) mass is 376 g/mol. The highest BCUT2D eigenvalue weighted by Crippen LogP contribution is 2.35. The minimum Gasteiger partial charge on any atom is -0.342 e. The number of benzene rings is 1. The second-order valence-electron chi connectivity index (χ2n) is 8.05. The van der Waals surface area contributed by atoms with Crippen LogP contribution in [-0.2, 0) is 17.9 Å². The zero-order chi connectivity index (χ0) is 19.3. The number of hydrogen-bond acceptors (Lipinski definition) is 3. The Labute approximate surface area is 163 Å². The van der Waals surface area contributed by atoms with Gasteiger partial charge in [0.05, 0.1) is 11.0 Å². The molecule has 6 heteroatoms. The predicted molar refractivity (Wildman–Crippen MR) is 107 cm³/mol. The van der Waals surface area contributed by atoms with Gasteiger partial charge in [0.25, 0.3) is 5.56 Å². The Morgan fingerprint density at radius 2 is 1.96 bits per heavy atom. The molecule has 0 spiro atoms. The fraction of sp³-hybridized carbons (Fsp3) is 0.409. The molecule has 5 rings (SSSR count). The van der Waals surface area contributed by atoms with E-state index in [0.717, 1.165) is 42.1 Å². The largest absolute Gasteiger partial charge is 0.342 e. The molecule has 3 aromatic rings. The van der Waals surface area contributed by atoms with E-state index in [4.69, 9.17) is 0 Å². The van der Waals surface area contributed by atoms with Gasteiger partial charge in [0.1, 0.15) is 5.82 Å². The van der Waals surface area contributed by atoms with Crippen molar-refractivity contribution in [3.8, 4) is 0 Å². The van der Waals surface area contributed by atoms with Crippen LogP contribution in [0.4, 0.5) is 0 Å². The smallest absolute Gasteiger partial charge is 0.250 e. The maximum Gasteiger partial charge on any atom is 0.250 e. The summed E-state index contributed by atoms with van der Waals surface area (Å²) in [5.74, 6) is 1.77. The first-order chi connectivity index (χ1) is 13.6. The van der Waals surface area contributed by atoms with Crippen LogP contribution in [0.15, 0.2) is 47.3 Å². The number of imidazole rings is 1. The van der Waals surface area contributed by atoms with Crippen LogP contribution in [-0.4, -0.2) is 38.0 Å². The van der Waals surface area contributed by atoms with E-state index in [0.29, 0.717) is 25.4 Å². The fourth-order valence-electron chi connectivity index (χ4n) is 4.94. The van der Waals surface area contributed by atoms with Crippen LogP contribution in [0.2, 0.25) is 0 Å². The molecule has 28 heavy (non-hydrogen) atoms. The molecule has 2 bridgehead atoms. The van der Waals surface area contributed by atoms with E-state index >= 15 is 0 Å². The van der Waals surface area contributed by atoms with Crippen molar-refractivity contribution >= 4 is 16.9 Å². The first-order valence-corrected chi connectivity index (χ1v) is 9.99. The number of aryl methyl sites for hydroxylation is 2. The summed E-state index contributed by atoms with van der Waals surface area (Å²) in [5.41, 5.74) is 3.21. The molecule has 1 saturated heterocycles. The number of nitrogens with zero attached hydrogens (tertiary/aromatic N) is 4. The Bertz CT molecular complexity index is 1110. The van der Waals surface area contributed by atoms with Gasteiger partial charge in [0.15, 0.2) is 0 Å². The van der Waals surface area contributed by atoms with Gasteiger partial charge in [-0.1, -0.05) is 18.2 Å². The molecule has 1 aromatic carbocycles. The molecular formula is C22H24N4O2. The number of para-hydroxylation sites is 2. The van der Waals surface area contributed by atoms with Crippen LogP contribution in [0, 0.1) is 12.8 Å². The van der Waals surface area contributed by atoms with Crippen molar-refractivity contribution in [2.75, 3.05) is 13.1 Å². The van der Waals surface area contributed by atoms with Crippen LogP contribution in [0.25, 0.3) is 11.0 Å². The van der Waals surface area contributed by atoms with E-state index in [1.165, 1.54) is 0 Å². The quantitative estimate of drug-likeness (QED) is 0.706. The van der Waals surface area contributed by atoms with Crippen LogP contribution < -0.4 is 5.56 Å². The second-order valence-corrected chi connectivity index (χ2v) is 8.05. The summed E-state index contributed by atoms with van der Waals surface area (Å²) in [4.78, 5) is 31.7. The molecule has 0 aliphatic carbocycles. The molecule has 0 N–H and O–H groups in total. The summed E-state index contributed by atoms with van der Waals surface area (Å²) < 4.78 is 4.04. The number of hydrogen-bond donors (Lipinski definition) is 0. The van der Waals surface area contributed by atoms with Gasteiger partial charge in [-0.25, -0.2) is 4.98 Å². The fourth-order valence-corrected chi connectivity index (χ4v) is 4.94. The number of pyridine rings is 1. The molecule has 6 nitrogen and oxygen atoms in total. The summed E-state index contributed by atoms with van der Waals surface area (Å²) >= 11 is 0. The molecule has 144 valence electrons. The Kier molecular flexibility index (Phi) is 4.07. The van der Waals surface area contributed by atoms with Crippen LogP contribution >= 0.6 is 0 Å². The molecule has 2 aliphatic heterocycles. The maximum absolute atomic E-state index is 13.0. The van der Waals surface area contributed by atoms with Gasteiger partial charge in [-0.05, 0) is 37.5 Å². The summed E-state index contributed by atoms with van der Waals surface area (Å²) in [6.07, 6.45) is 1.54. The first kappa shape index (κ1) is 17.2. The van der Waals surface area contributed by atoms with Gasteiger partial charge in [-0.15, -0.1) is 0 Å². The number of piperidine rings is 1. The van der Waals surface area contributed by atoms with E-state index in [-0.39, 0.29) is 17.4 Å². The lowest BCUT2D eigenvalue weighted by atomic mass is 9.83. The lowest BCUT2D eigenvalue weighted by molar-refractivity contribution is -0.134. The molecule has 0 unspecified atom stereocenters. The van der Waals surface area contributed by atoms with Crippen LogP contribution in [0.1, 0.15) is 30.3 Å². The lowest BCUT2D eigenvalue weighted by Gasteiger charge is -2.42. The topological polar surface area (TPSA) is 60.1 Å². The number of carbonyl (C=O) groups excluding carboxylic acids is 1. The number of carbonyl (C=O) groups is 1. The molecule has 1 amide bonds. The number of likely N-dealkylation sites (tertiary alicyclic amines) is 1. The van der Waals surface area contributed by atoms with E-state index in [2.05, 4.69) is 15.6 Å². The van der Waals surface area contributed by atoms with Gasteiger partial charge < -0.3 is 14.0 Å². The van der Waals surface area contributed by atoms with E-state index in [1.54, 1.807) is 6.07 Å². The van der Waals surface area contributed by atoms with Crippen molar-refractivity contribution in [3.63, 3.8) is 0 Å². The zero-order valence-electron chi connectivity index (χ0n) is 16.0. The van der Waals surface area contributed by atoms with Crippen molar-refractivity contribution in [1.82, 2.24) is 19.0 Å². The summed E-state index contributed by atoms with van der Waals surface area (Å²) in [5, 5.41) is 0. The third-order valence-corrected chi connectivity index (χ3v) is 6.23. The Balaban J connectivity index is 1.32. The minimum absolute atomic E-state index is 0.0782. The highest BCUT2D eigenvalue weighted by Gasteiger charge is 2.36. The highest BCUT2D eigenvalue weighted by molar-refractivity contribution is 5.78. The molecule has 2 atom stereocenters. The average Bonchev–Trinajstić information content (AvgIpc) is 3.02. The van der Waals surface area contributed by atoms with Gasteiger partial charge in [-0.2, -0.15) is 0 Å². The van der Waals surface area contributed by atoms with Crippen molar-refractivity contribution < 1.29 is 4.79 Å². The molecule has 2 aliphatic rings. The van der Waals surface area contributed by atoms with Crippen LogP contribution in [0.5, 0.6) is 0 Å². The molecule has 0 radical (unpaired) electrons. The number of amides is 1. The first-order valence-electron chi connectivity index (χ1n) is 9.99. The standard InChI is InChI=1S/C22H24N4O2/c1-15-23-18-5-2-3-6-20(18)25(15)10-9-21(27)24-12-16-11-17(14-24)19-7-4-8-22(28)26(19)13-16/h2-8,16-17H,9-14H2,1H3/t16-,17+/m0/s1. The van der Waals surface area contributed by atoms with Gasteiger partial charge >= 0.3 is 0 Å². The van der Waals surface area contributed by atoms with Gasteiger partial charge in [0, 0.05) is 50.3 Å². The summed E-state index contributed by atoms with van der Waals surface area (Å²) in [7, 11) is 0. The molecule has 0 saturated carbocycles. The average molecular weight is 376 g/mol. The predicted octanol–water partition coefficient (Wildman–Crippen LogP) is 2.54. The minimum atomic E-state index is 0.0782. The van der Waals surface area contributed by atoms with Crippen molar-refractivity contribution in [1.29, 1.82) is 0 Å². The SMILES string of the molecule is Cc1nc2ccccc2n1CCC(=O)N1C[C@@H]2C[C@H](C1)c1cccc(=O)n1C2. The molecule has 1 fully saturated rings. The summed E-state index contributed by atoms with van der Waals surface area (Å²) in [6, 6.07) is 13.6. The maximum atomic E-state index is 13.0.